The summed E-state index contributed by atoms with van der Waals surface area (Å²) in [5, 5.41) is 5.24. The highest BCUT2D eigenvalue weighted by atomic mass is 32.1. The second-order valence-electron chi connectivity index (χ2n) is 8.06. The van der Waals surface area contributed by atoms with Gasteiger partial charge >= 0.3 is 5.97 Å². The zero-order valence-corrected chi connectivity index (χ0v) is 20.3. The van der Waals surface area contributed by atoms with E-state index in [0.717, 1.165) is 26.8 Å². The number of ether oxygens (including phenoxy) is 4. The minimum atomic E-state index is -0.503. The molecule has 178 valence electrons. The minimum Gasteiger partial charge on any atom is -0.496 e. The van der Waals surface area contributed by atoms with Crippen LogP contribution in [0.5, 0.6) is 17.2 Å². The van der Waals surface area contributed by atoms with Crippen molar-refractivity contribution in [1.29, 1.82) is 0 Å². The number of carbonyl (C=O) groups is 2. The number of hydrogen-bond donors (Lipinski definition) is 1. The molecule has 0 saturated carbocycles. The van der Waals surface area contributed by atoms with Gasteiger partial charge in [0.2, 0.25) is 6.79 Å². The Hall–Kier alpha value is -4.04. The molecule has 3 aromatic carbocycles. The van der Waals surface area contributed by atoms with Crippen LogP contribution in [0.3, 0.4) is 0 Å². The molecule has 0 fully saturated rings. The lowest BCUT2D eigenvalue weighted by atomic mass is 10.0. The van der Waals surface area contributed by atoms with Crippen molar-refractivity contribution >= 4 is 39.0 Å². The molecule has 0 bridgehead atoms. The number of benzene rings is 3. The third-order valence-corrected chi connectivity index (χ3v) is 7.18. The molecule has 5 rings (SSSR count). The predicted molar refractivity (Wildman–Crippen MR) is 134 cm³/mol. The van der Waals surface area contributed by atoms with Crippen LogP contribution < -0.4 is 19.5 Å². The summed E-state index contributed by atoms with van der Waals surface area (Å²) in [5.74, 6) is 0.991. The summed E-state index contributed by atoms with van der Waals surface area (Å²) < 4.78 is 21.4. The van der Waals surface area contributed by atoms with Gasteiger partial charge in [-0.3, -0.25) is 4.79 Å². The molecule has 8 heteroatoms. The van der Waals surface area contributed by atoms with Gasteiger partial charge in [0.15, 0.2) is 11.5 Å². The Bertz CT molecular complexity index is 1460. The number of thiophene rings is 1. The maximum Gasteiger partial charge on any atom is 0.341 e. The van der Waals surface area contributed by atoms with Gasteiger partial charge in [-0.25, -0.2) is 4.79 Å². The lowest BCUT2D eigenvalue weighted by molar-refractivity contribution is 0.0601. The molecule has 0 unspecified atom stereocenters. The van der Waals surface area contributed by atoms with Gasteiger partial charge in [0, 0.05) is 11.3 Å². The Balaban J connectivity index is 1.49. The maximum atomic E-state index is 13.3. The van der Waals surface area contributed by atoms with Gasteiger partial charge in [-0.1, -0.05) is 30.3 Å². The lowest BCUT2D eigenvalue weighted by Crippen LogP contribution is -2.15. The summed E-state index contributed by atoms with van der Waals surface area (Å²) in [4.78, 5) is 26.9. The van der Waals surface area contributed by atoms with E-state index in [2.05, 4.69) is 5.32 Å². The standard InChI is InChI=1S/C27H23NO6S/c1-15-23(11-16-8-9-20-22(10-16)34-14-33-20)35-26(24(15)27(30)32-3)28-25(29)19-12-17-6-4-5-7-18(17)13-21(19)31-2/h4-10,12-13H,11,14H2,1-3H3,(H,28,29). The Kier molecular flexibility index (Phi) is 6.05. The number of fused-ring (bicyclic) bond motifs is 2. The molecular weight excluding hydrogens is 466 g/mol. The van der Waals surface area contributed by atoms with Crippen LogP contribution in [-0.4, -0.2) is 32.9 Å². The van der Waals surface area contributed by atoms with Crippen LogP contribution in [0.1, 0.15) is 36.7 Å². The van der Waals surface area contributed by atoms with Crippen molar-refractivity contribution < 1.29 is 28.5 Å². The van der Waals surface area contributed by atoms with Crippen LogP contribution in [-0.2, 0) is 11.2 Å². The summed E-state index contributed by atoms with van der Waals surface area (Å²) in [6, 6.07) is 17.1. The van der Waals surface area contributed by atoms with E-state index in [0.29, 0.717) is 39.8 Å². The van der Waals surface area contributed by atoms with E-state index in [9.17, 15) is 9.59 Å². The van der Waals surface area contributed by atoms with Gasteiger partial charge in [-0.2, -0.15) is 0 Å². The zero-order chi connectivity index (χ0) is 24.5. The SMILES string of the molecule is COC(=O)c1c(NC(=O)c2cc3ccccc3cc2OC)sc(Cc2ccc3c(c2)OCO3)c1C. The first-order valence-corrected chi connectivity index (χ1v) is 11.8. The summed E-state index contributed by atoms with van der Waals surface area (Å²) in [6.45, 7) is 2.06. The van der Waals surface area contributed by atoms with E-state index in [-0.39, 0.29) is 12.7 Å². The normalized spacial score (nSPS) is 12.0. The summed E-state index contributed by atoms with van der Waals surface area (Å²) >= 11 is 1.35. The molecule has 7 nitrogen and oxygen atoms in total. The first kappa shape index (κ1) is 22.7. The van der Waals surface area contributed by atoms with Crippen molar-refractivity contribution in [3.05, 3.63) is 81.7 Å². The topological polar surface area (TPSA) is 83.1 Å². The van der Waals surface area contributed by atoms with Crippen molar-refractivity contribution in [3.63, 3.8) is 0 Å². The molecule has 0 atom stereocenters. The van der Waals surface area contributed by atoms with Crippen LogP contribution >= 0.6 is 11.3 Å². The van der Waals surface area contributed by atoms with Gasteiger partial charge in [0.25, 0.3) is 5.91 Å². The molecule has 0 saturated heterocycles. The van der Waals surface area contributed by atoms with E-state index in [1.165, 1.54) is 25.6 Å². The van der Waals surface area contributed by atoms with E-state index in [1.807, 2.05) is 55.5 Å². The highest BCUT2D eigenvalue weighted by molar-refractivity contribution is 7.17. The van der Waals surface area contributed by atoms with Crippen LogP contribution in [0.2, 0.25) is 0 Å². The maximum absolute atomic E-state index is 13.3. The van der Waals surface area contributed by atoms with E-state index < -0.39 is 5.97 Å². The van der Waals surface area contributed by atoms with Crippen LogP contribution in [0.15, 0.2) is 54.6 Å². The highest BCUT2D eigenvalue weighted by Gasteiger charge is 2.25. The smallest absolute Gasteiger partial charge is 0.341 e. The predicted octanol–water partition coefficient (Wildman–Crippen LogP) is 5.58. The Morgan fingerprint density at radius 1 is 1.00 bits per heavy atom. The second-order valence-corrected chi connectivity index (χ2v) is 9.17. The second kappa shape index (κ2) is 9.31. The third kappa shape index (κ3) is 4.28. The van der Waals surface area contributed by atoms with Gasteiger partial charge < -0.3 is 24.3 Å². The first-order chi connectivity index (χ1) is 17.0. The number of esters is 1. The minimum absolute atomic E-state index is 0.206. The molecule has 1 aromatic heterocycles. The molecule has 0 radical (unpaired) electrons. The van der Waals surface area contributed by atoms with Crippen molar-refractivity contribution in [1.82, 2.24) is 0 Å². The monoisotopic (exact) mass is 489 g/mol. The van der Waals surface area contributed by atoms with Gasteiger partial charge in [0.05, 0.1) is 25.3 Å². The average Bonchev–Trinajstić information content (AvgIpc) is 3.46. The van der Waals surface area contributed by atoms with E-state index in [1.54, 1.807) is 6.07 Å². The Morgan fingerprint density at radius 3 is 2.49 bits per heavy atom. The summed E-state index contributed by atoms with van der Waals surface area (Å²) in [6.07, 6.45) is 0.562. The third-order valence-electron chi connectivity index (χ3n) is 5.98. The highest BCUT2D eigenvalue weighted by Crippen LogP contribution is 2.38. The molecule has 1 aliphatic heterocycles. The van der Waals surface area contributed by atoms with Gasteiger partial charge in [-0.05, 0) is 53.1 Å². The molecule has 0 spiro atoms. The number of rotatable bonds is 6. The van der Waals surface area contributed by atoms with Crippen LogP contribution in [0, 0.1) is 6.92 Å². The fourth-order valence-electron chi connectivity index (χ4n) is 4.14. The van der Waals surface area contributed by atoms with Crippen LogP contribution in [0.25, 0.3) is 10.8 Å². The largest absolute Gasteiger partial charge is 0.496 e. The molecule has 0 aliphatic carbocycles. The molecule has 35 heavy (non-hydrogen) atoms. The molecular formula is C27H23NO6S. The zero-order valence-electron chi connectivity index (χ0n) is 19.5. The molecule has 1 amide bonds. The number of methoxy groups -OCH3 is 2. The van der Waals surface area contributed by atoms with Crippen molar-refractivity contribution in [2.45, 2.75) is 13.3 Å². The number of carbonyl (C=O) groups excluding carboxylic acids is 2. The first-order valence-electron chi connectivity index (χ1n) is 11.0. The number of nitrogens with one attached hydrogen (secondary N) is 1. The number of anilines is 1. The number of amides is 1. The molecule has 1 aliphatic rings. The summed E-state index contributed by atoms with van der Waals surface area (Å²) in [7, 11) is 2.86. The summed E-state index contributed by atoms with van der Waals surface area (Å²) in [5.41, 5.74) is 2.50. The molecule has 1 N–H and O–H groups in total. The number of hydrogen-bond acceptors (Lipinski definition) is 7. The fraction of sp³-hybridized carbons (Fsp3) is 0.185. The quantitative estimate of drug-likeness (QED) is 0.356. The molecule has 4 aromatic rings. The van der Waals surface area contributed by atoms with Crippen molar-refractivity contribution in [2.24, 2.45) is 0 Å². The van der Waals surface area contributed by atoms with Gasteiger partial charge in [0.1, 0.15) is 10.8 Å². The van der Waals surface area contributed by atoms with Gasteiger partial charge in [-0.15, -0.1) is 11.3 Å². The van der Waals surface area contributed by atoms with Crippen molar-refractivity contribution in [2.75, 3.05) is 26.3 Å². The average molecular weight is 490 g/mol. The Morgan fingerprint density at radius 2 is 1.74 bits per heavy atom. The Labute approximate surface area is 206 Å². The molecule has 2 heterocycles. The van der Waals surface area contributed by atoms with Crippen molar-refractivity contribution in [3.8, 4) is 17.2 Å². The van der Waals surface area contributed by atoms with Crippen LogP contribution in [0.4, 0.5) is 5.00 Å². The lowest BCUT2D eigenvalue weighted by Gasteiger charge is -2.11. The fourth-order valence-corrected chi connectivity index (χ4v) is 5.36. The van der Waals surface area contributed by atoms with E-state index in [4.69, 9.17) is 18.9 Å². The van der Waals surface area contributed by atoms with E-state index >= 15 is 0 Å².